The molecule has 1 aliphatic carbocycles. The maximum absolute atomic E-state index is 4.44. The number of rotatable bonds is 5. The number of anilines is 1. The Hall–Kier alpha value is -0.610. The minimum atomic E-state index is 0.493. The molecule has 4 heteroatoms. The molecule has 2 N–H and O–H groups in total. The van der Waals surface area contributed by atoms with Crippen molar-refractivity contribution in [2.24, 2.45) is 0 Å². The Labute approximate surface area is 105 Å². The second-order valence-electron chi connectivity index (χ2n) is 4.62. The van der Waals surface area contributed by atoms with Gasteiger partial charge in [-0.15, -0.1) is 0 Å². The Bertz CT molecular complexity index is 361. The van der Waals surface area contributed by atoms with Gasteiger partial charge in [0.1, 0.15) is 5.82 Å². The van der Waals surface area contributed by atoms with Crippen molar-refractivity contribution in [1.82, 2.24) is 10.3 Å². The predicted molar refractivity (Wildman–Crippen MR) is 70.6 cm³/mol. The zero-order valence-corrected chi connectivity index (χ0v) is 11.3. The average Bonchev–Trinajstić information content (AvgIpc) is 3.02. The molecule has 0 amide bonds. The van der Waals surface area contributed by atoms with E-state index in [-0.39, 0.29) is 0 Å². The highest BCUT2D eigenvalue weighted by Gasteiger charge is 2.22. The third kappa shape index (κ3) is 3.46. The molecule has 0 unspecified atom stereocenters. The fraction of sp³-hybridized carbons (Fsp3) is 0.583. The molecule has 2 rings (SSSR count). The van der Waals surface area contributed by atoms with Crippen LogP contribution < -0.4 is 10.6 Å². The molecule has 3 nitrogen and oxygen atoms in total. The van der Waals surface area contributed by atoms with Gasteiger partial charge in [-0.1, -0.05) is 13.8 Å². The zero-order valence-electron chi connectivity index (χ0n) is 9.76. The van der Waals surface area contributed by atoms with E-state index in [0.29, 0.717) is 12.1 Å². The molecule has 0 saturated heterocycles. The van der Waals surface area contributed by atoms with Gasteiger partial charge in [-0.05, 0) is 34.8 Å². The average molecular weight is 284 g/mol. The molecule has 88 valence electrons. The fourth-order valence-electron chi connectivity index (χ4n) is 1.48. The van der Waals surface area contributed by atoms with E-state index in [1.54, 1.807) is 0 Å². The van der Waals surface area contributed by atoms with Gasteiger partial charge in [0.25, 0.3) is 0 Å². The molecule has 1 fully saturated rings. The normalized spacial score (nSPS) is 15.5. The summed E-state index contributed by atoms with van der Waals surface area (Å²) in [6, 6.07) is 3.27. The number of halogens is 1. The molecule has 0 bridgehead atoms. The second kappa shape index (κ2) is 5.15. The van der Waals surface area contributed by atoms with Crippen LogP contribution in [-0.2, 0) is 6.54 Å². The van der Waals surface area contributed by atoms with Crippen molar-refractivity contribution in [2.75, 3.05) is 5.32 Å². The fourth-order valence-corrected chi connectivity index (χ4v) is 1.86. The Morgan fingerprint density at radius 1 is 1.50 bits per heavy atom. The van der Waals surface area contributed by atoms with Gasteiger partial charge >= 0.3 is 0 Å². The van der Waals surface area contributed by atoms with Gasteiger partial charge in [-0.25, -0.2) is 4.98 Å². The molecule has 0 aromatic carbocycles. The molecular weight excluding hydrogens is 266 g/mol. The van der Waals surface area contributed by atoms with Crippen LogP contribution in [0.15, 0.2) is 16.7 Å². The summed E-state index contributed by atoms with van der Waals surface area (Å²) in [5, 5.41) is 6.89. The van der Waals surface area contributed by atoms with Crippen molar-refractivity contribution in [3.8, 4) is 0 Å². The lowest BCUT2D eigenvalue weighted by Crippen LogP contribution is -2.23. The van der Waals surface area contributed by atoms with E-state index in [9.17, 15) is 0 Å². The van der Waals surface area contributed by atoms with Crippen LogP contribution in [0.4, 0.5) is 5.82 Å². The Kier molecular flexibility index (Phi) is 3.82. The molecular formula is C12H18BrN3. The first-order valence-electron chi connectivity index (χ1n) is 5.79. The van der Waals surface area contributed by atoms with Gasteiger partial charge in [0.2, 0.25) is 0 Å². The molecule has 0 atom stereocenters. The quantitative estimate of drug-likeness (QED) is 0.873. The number of aromatic nitrogens is 1. The Morgan fingerprint density at radius 3 is 2.88 bits per heavy atom. The predicted octanol–water partition coefficient (Wildman–Crippen LogP) is 2.92. The van der Waals surface area contributed by atoms with Gasteiger partial charge in [0, 0.05) is 34.9 Å². The Balaban J connectivity index is 2.07. The number of pyridine rings is 1. The van der Waals surface area contributed by atoms with E-state index in [0.717, 1.165) is 16.8 Å². The lowest BCUT2D eigenvalue weighted by molar-refractivity contribution is 0.588. The standard InChI is InChI=1S/C12H18BrN3/c1-8(2)14-6-9-5-10(13)7-15-12(9)16-11-3-4-11/h5,7-8,11,14H,3-4,6H2,1-2H3,(H,15,16). The summed E-state index contributed by atoms with van der Waals surface area (Å²) in [4.78, 5) is 4.44. The van der Waals surface area contributed by atoms with Gasteiger partial charge < -0.3 is 10.6 Å². The van der Waals surface area contributed by atoms with E-state index in [1.165, 1.54) is 18.4 Å². The largest absolute Gasteiger partial charge is 0.367 e. The summed E-state index contributed by atoms with van der Waals surface area (Å²) < 4.78 is 1.04. The molecule has 1 aromatic rings. The first kappa shape index (κ1) is 11.9. The van der Waals surface area contributed by atoms with E-state index < -0.39 is 0 Å². The summed E-state index contributed by atoms with van der Waals surface area (Å²) in [6.45, 7) is 5.16. The van der Waals surface area contributed by atoms with Crippen molar-refractivity contribution in [3.05, 3.63) is 22.3 Å². The van der Waals surface area contributed by atoms with Gasteiger partial charge in [0.15, 0.2) is 0 Å². The summed E-state index contributed by atoms with van der Waals surface area (Å²) in [6.07, 6.45) is 4.40. The van der Waals surface area contributed by atoms with E-state index >= 15 is 0 Å². The van der Waals surface area contributed by atoms with E-state index in [1.807, 2.05) is 6.20 Å². The minimum Gasteiger partial charge on any atom is -0.367 e. The monoisotopic (exact) mass is 283 g/mol. The second-order valence-corrected chi connectivity index (χ2v) is 5.53. The topological polar surface area (TPSA) is 37.0 Å². The molecule has 0 radical (unpaired) electrons. The van der Waals surface area contributed by atoms with Crippen molar-refractivity contribution in [3.63, 3.8) is 0 Å². The van der Waals surface area contributed by atoms with Crippen molar-refractivity contribution in [2.45, 2.75) is 45.3 Å². The molecule has 0 spiro atoms. The van der Waals surface area contributed by atoms with Crippen LogP contribution >= 0.6 is 15.9 Å². The molecule has 1 heterocycles. The van der Waals surface area contributed by atoms with Crippen molar-refractivity contribution >= 4 is 21.7 Å². The van der Waals surface area contributed by atoms with Crippen LogP contribution in [0.25, 0.3) is 0 Å². The number of hydrogen-bond donors (Lipinski definition) is 2. The van der Waals surface area contributed by atoms with Crippen LogP contribution in [0, 0.1) is 0 Å². The zero-order chi connectivity index (χ0) is 11.5. The third-order valence-electron chi connectivity index (χ3n) is 2.55. The van der Waals surface area contributed by atoms with Crippen LogP contribution in [0.3, 0.4) is 0 Å². The highest BCUT2D eigenvalue weighted by molar-refractivity contribution is 9.10. The summed E-state index contributed by atoms with van der Waals surface area (Å²) >= 11 is 3.47. The highest BCUT2D eigenvalue weighted by atomic mass is 79.9. The summed E-state index contributed by atoms with van der Waals surface area (Å²) in [5.41, 5.74) is 1.23. The smallest absolute Gasteiger partial charge is 0.130 e. The van der Waals surface area contributed by atoms with Crippen LogP contribution in [-0.4, -0.2) is 17.1 Å². The summed E-state index contributed by atoms with van der Waals surface area (Å²) in [5.74, 6) is 1.03. The van der Waals surface area contributed by atoms with Crippen LogP contribution in [0.1, 0.15) is 32.3 Å². The number of nitrogens with one attached hydrogen (secondary N) is 2. The van der Waals surface area contributed by atoms with E-state index in [2.05, 4.69) is 51.5 Å². The number of nitrogens with zero attached hydrogens (tertiary/aromatic N) is 1. The highest BCUT2D eigenvalue weighted by Crippen LogP contribution is 2.26. The van der Waals surface area contributed by atoms with E-state index in [4.69, 9.17) is 0 Å². The SMILES string of the molecule is CC(C)NCc1cc(Br)cnc1NC1CC1. The number of hydrogen-bond acceptors (Lipinski definition) is 3. The van der Waals surface area contributed by atoms with Crippen molar-refractivity contribution < 1.29 is 0 Å². The molecule has 16 heavy (non-hydrogen) atoms. The van der Waals surface area contributed by atoms with Crippen LogP contribution in [0.5, 0.6) is 0 Å². The maximum atomic E-state index is 4.44. The summed E-state index contributed by atoms with van der Waals surface area (Å²) in [7, 11) is 0. The van der Waals surface area contributed by atoms with Gasteiger partial charge in [-0.3, -0.25) is 0 Å². The molecule has 1 aromatic heterocycles. The lowest BCUT2D eigenvalue weighted by atomic mass is 10.2. The maximum Gasteiger partial charge on any atom is 0.130 e. The molecule has 1 aliphatic rings. The van der Waals surface area contributed by atoms with Crippen molar-refractivity contribution in [1.29, 1.82) is 0 Å². The minimum absolute atomic E-state index is 0.493. The Morgan fingerprint density at radius 2 is 2.25 bits per heavy atom. The van der Waals surface area contributed by atoms with Gasteiger partial charge in [0.05, 0.1) is 0 Å². The third-order valence-corrected chi connectivity index (χ3v) is 2.99. The molecule has 1 saturated carbocycles. The lowest BCUT2D eigenvalue weighted by Gasteiger charge is -2.13. The first-order chi connectivity index (χ1) is 7.65. The van der Waals surface area contributed by atoms with Gasteiger partial charge in [-0.2, -0.15) is 0 Å². The first-order valence-corrected chi connectivity index (χ1v) is 6.59. The molecule has 0 aliphatic heterocycles. The van der Waals surface area contributed by atoms with Crippen LogP contribution in [0.2, 0.25) is 0 Å².